The molecule has 2 N–H and O–H groups in total. The van der Waals surface area contributed by atoms with Gasteiger partial charge in [-0.1, -0.05) is 35.8 Å². The molecule has 18 heavy (non-hydrogen) atoms. The van der Waals surface area contributed by atoms with Crippen LogP contribution >= 0.6 is 15.9 Å². The number of nitrogen functional groups attached to an aromatic ring is 1. The van der Waals surface area contributed by atoms with E-state index in [2.05, 4.69) is 35.8 Å². The largest absolute Gasteiger partial charge is 0.457 e. The maximum Gasteiger partial charge on any atom is 0.130 e. The number of halogens is 1. The van der Waals surface area contributed by atoms with Crippen molar-refractivity contribution in [3.05, 3.63) is 52.5 Å². The molecule has 0 fully saturated rings. The van der Waals surface area contributed by atoms with E-state index in [9.17, 15) is 0 Å². The first-order valence-electron chi connectivity index (χ1n) is 5.89. The van der Waals surface area contributed by atoms with Crippen LogP contribution in [0.4, 0.5) is 5.69 Å². The molecule has 2 aromatic rings. The zero-order chi connectivity index (χ0) is 13.1. The predicted octanol–water partition coefficient (Wildman–Crippen LogP) is 4.95. The van der Waals surface area contributed by atoms with E-state index in [-0.39, 0.29) is 0 Å². The molecule has 0 aliphatic rings. The standard InChI is InChI=1S/C15H16BrNO/c1-10(2)14-8-11(16)6-7-15(14)18-13-5-3-4-12(17)9-13/h3-10H,17H2,1-2H3. The third kappa shape index (κ3) is 3.05. The highest BCUT2D eigenvalue weighted by atomic mass is 79.9. The van der Waals surface area contributed by atoms with Crippen LogP contribution in [0.2, 0.25) is 0 Å². The summed E-state index contributed by atoms with van der Waals surface area (Å²) in [5.41, 5.74) is 7.62. The summed E-state index contributed by atoms with van der Waals surface area (Å²) in [7, 11) is 0. The van der Waals surface area contributed by atoms with E-state index in [1.807, 2.05) is 36.4 Å². The molecule has 0 aromatic heterocycles. The second-order valence-corrected chi connectivity index (χ2v) is 5.43. The number of anilines is 1. The van der Waals surface area contributed by atoms with Gasteiger partial charge in [0, 0.05) is 16.2 Å². The molecule has 2 nitrogen and oxygen atoms in total. The number of hydrogen-bond acceptors (Lipinski definition) is 2. The molecule has 0 atom stereocenters. The number of benzene rings is 2. The van der Waals surface area contributed by atoms with Crippen molar-refractivity contribution in [2.45, 2.75) is 19.8 Å². The highest BCUT2D eigenvalue weighted by Crippen LogP contribution is 2.33. The number of rotatable bonds is 3. The number of hydrogen-bond donors (Lipinski definition) is 1. The van der Waals surface area contributed by atoms with Gasteiger partial charge in [0.25, 0.3) is 0 Å². The Morgan fingerprint density at radius 1 is 1.11 bits per heavy atom. The van der Waals surface area contributed by atoms with E-state index in [1.165, 1.54) is 5.56 Å². The Kier molecular flexibility index (Phi) is 3.92. The van der Waals surface area contributed by atoms with Crippen LogP contribution in [0, 0.1) is 0 Å². The smallest absolute Gasteiger partial charge is 0.130 e. The van der Waals surface area contributed by atoms with Crippen LogP contribution in [0.3, 0.4) is 0 Å². The average Bonchev–Trinajstić information content (AvgIpc) is 2.31. The van der Waals surface area contributed by atoms with Gasteiger partial charge in [0.05, 0.1) is 0 Å². The predicted molar refractivity (Wildman–Crippen MR) is 79.2 cm³/mol. The van der Waals surface area contributed by atoms with Crippen molar-refractivity contribution in [2.75, 3.05) is 5.73 Å². The van der Waals surface area contributed by atoms with E-state index in [0.717, 1.165) is 16.0 Å². The molecule has 0 aliphatic heterocycles. The lowest BCUT2D eigenvalue weighted by Crippen LogP contribution is -1.94. The molecule has 0 aliphatic carbocycles. The fourth-order valence-corrected chi connectivity index (χ4v) is 2.15. The highest BCUT2D eigenvalue weighted by molar-refractivity contribution is 9.10. The lowest BCUT2D eigenvalue weighted by Gasteiger charge is -2.14. The summed E-state index contributed by atoms with van der Waals surface area (Å²) in [6, 6.07) is 13.5. The molecule has 2 aromatic carbocycles. The lowest BCUT2D eigenvalue weighted by atomic mass is 10.0. The zero-order valence-electron chi connectivity index (χ0n) is 10.5. The zero-order valence-corrected chi connectivity index (χ0v) is 12.1. The molecule has 0 heterocycles. The Balaban J connectivity index is 2.34. The summed E-state index contributed by atoms with van der Waals surface area (Å²) in [6.45, 7) is 4.29. The van der Waals surface area contributed by atoms with Crippen molar-refractivity contribution in [1.29, 1.82) is 0 Å². The second-order valence-electron chi connectivity index (χ2n) is 4.51. The average molecular weight is 306 g/mol. The van der Waals surface area contributed by atoms with E-state index in [4.69, 9.17) is 10.5 Å². The van der Waals surface area contributed by atoms with Crippen LogP contribution in [0.25, 0.3) is 0 Å². The molecule has 3 heteroatoms. The molecular weight excluding hydrogens is 290 g/mol. The van der Waals surface area contributed by atoms with Gasteiger partial charge < -0.3 is 10.5 Å². The van der Waals surface area contributed by atoms with Gasteiger partial charge in [-0.15, -0.1) is 0 Å². The topological polar surface area (TPSA) is 35.2 Å². The first kappa shape index (κ1) is 13.0. The van der Waals surface area contributed by atoms with Crippen LogP contribution in [0.15, 0.2) is 46.9 Å². The first-order valence-corrected chi connectivity index (χ1v) is 6.68. The maximum absolute atomic E-state index is 5.91. The third-order valence-electron chi connectivity index (χ3n) is 2.68. The normalized spacial score (nSPS) is 10.7. The third-order valence-corrected chi connectivity index (χ3v) is 3.17. The minimum atomic E-state index is 0.401. The SMILES string of the molecule is CC(C)c1cc(Br)ccc1Oc1cccc(N)c1. The summed E-state index contributed by atoms with van der Waals surface area (Å²) < 4.78 is 6.97. The summed E-state index contributed by atoms with van der Waals surface area (Å²) >= 11 is 3.49. The Bertz CT molecular complexity index is 552. The Morgan fingerprint density at radius 2 is 1.89 bits per heavy atom. The molecule has 94 valence electrons. The van der Waals surface area contributed by atoms with Gasteiger partial charge in [-0.05, 0) is 41.8 Å². The minimum absolute atomic E-state index is 0.401. The van der Waals surface area contributed by atoms with Gasteiger partial charge >= 0.3 is 0 Å². The Labute approximate surface area is 116 Å². The lowest BCUT2D eigenvalue weighted by molar-refractivity contribution is 0.473. The van der Waals surface area contributed by atoms with Gasteiger partial charge in [-0.2, -0.15) is 0 Å². The number of ether oxygens (including phenoxy) is 1. The van der Waals surface area contributed by atoms with Crippen molar-refractivity contribution in [3.63, 3.8) is 0 Å². The minimum Gasteiger partial charge on any atom is -0.457 e. The van der Waals surface area contributed by atoms with E-state index < -0.39 is 0 Å². The van der Waals surface area contributed by atoms with Crippen molar-refractivity contribution in [1.82, 2.24) is 0 Å². The van der Waals surface area contributed by atoms with E-state index in [0.29, 0.717) is 11.6 Å². The maximum atomic E-state index is 5.91. The fraction of sp³-hybridized carbons (Fsp3) is 0.200. The van der Waals surface area contributed by atoms with Gasteiger partial charge in [0.1, 0.15) is 11.5 Å². The van der Waals surface area contributed by atoms with Crippen molar-refractivity contribution in [3.8, 4) is 11.5 Å². The Morgan fingerprint density at radius 3 is 2.56 bits per heavy atom. The summed E-state index contributed by atoms with van der Waals surface area (Å²) in [4.78, 5) is 0. The molecule has 0 saturated carbocycles. The van der Waals surface area contributed by atoms with Crippen LogP contribution in [0.5, 0.6) is 11.5 Å². The monoisotopic (exact) mass is 305 g/mol. The molecule has 2 rings (SSSR count). The van der Waals surface area contributed by atoms with E-state index in [1.54, 1.807) is 0 Å². The Hall–Kier alpha value is -1.48. The van der Waals surface area contributed by atoms with Gasteiger partial charge in [0.2, 0.25) is 0 Å². The first-order chi connectivity index (χ1) is 8.56. The van der Waals surface area contributed by atoms with Crippen molar-refractivity contribution < 1.29 is 4.74 Å². The quantitative estimate of drug-likeness (QED) is 0.815. The molecule has 0 bridgehead atoms. The molecule has 0 unspecified atom stereocenters. The van der Waals surface area contributed by atoms with Gasteiger partial charge in [-0.25, -0.2) is 0 Å². The summed E-state index contributed by atoms with van der Waals surface area (Å²) in [5, 5.41) is 0. The highest BCUT2D eigenvalue weighted by Gasteiger charge is 2.09. The van der Waals surface area contributed by atoms with Crippen LogP contribution in [-0.4, -0.2) is 0 Å². The van der Waals surface area contributed by atoms with Crippen LogP contribution < -0.4 is 10.5 Å². The molecule has 0 radical (unpaired) electrons. The molecule has 0 saturated heterocycles. The molecule has 0 amide bonds. The van der Waals surface area contributed by atoms with Gasteiger partial charge in [-0.3, -0.25) is 0 Å². The number of nitrogens with two attached hydrogens (primary N) is 1. The molecular formula is C15H16BrNO. The second kappa shape index (κ2) is 5.44. The summed E-state index contributed by atoms with van der Waals surface area (Å²) in [5.74, 6) is 2.04. The van der Waals surface area contributed by atoms with Crippen LogP contribution in [0.1, 0.15) is 25.3 Å². The van der Waals surface area contributed by atoms with Gasteiger partial charge in [0.15, 0.2) is 0 Å². The molecule has 0 spiro atoms. The van der Waals surface area contributed by atoms with E-state index >= 15 is 0 Å². The fourth-order valence-electron chi connectivity index (χ4n) is 1.77. The van der Waals surface area contributed by atoms with Crippen molar-refractivity contribution >= 4 is 21.6 Å². The van der Waals surface area contributed by atoms with Crippen molar-refractivity contribution in [2.24, 2.45) is 0 Å². The summed E-state index contributed by atoms with van der Waals surface area (Å²) in [6.07, 6.45) is 0. The van der Waals surface area contributed by atoms with Crippen LogP contribution in [-0.2, 0) is 0 Å².